The molecule has 4 heteroatoms. The maximum Gasteiger partial charge on any atom is 0.237 e. The summed E-state index contributed by atoms with van der Waals surface area (Å²) in [4.78, 5) is 11.8. The van der Waals surface area contributed by atoms with Gasteiger partial charge in [0.05, 0.1) is 12.1 Å². The van der Waals surface area contributed by atoms with Crippen molar-refractivity contribution >= 4 is 17.7 Å². The summed E-state index contributed by atoms with van der Waals surface area (Å²) in [6.07, 6.45) is 2.73. The van der Waals surface area contributed by atoms with Gasteiger partial charge < -0.3 is 11.1 Å². The Morgan fingerprint density at radius 3 is 2.65 bits per heavy atom. The van der Waals surface area contributed by atoms with Gasteiger partial charge in [-0.05, 0) is 30.9 Å². The fourth-order valence-corrected chi connectivity index (χ4v) is 2.01. The lowest BCUT2D eigenvalue weighted by Gasteiger charge is -2.17. The lowest BCUT2D eigenvalue weighted by atomic mass is 10.1. The molecule has 0 spiro atoms. The maximum absolute atomic E-state index is 11.8. The van der Waals surface area contributed by atoms with Crippen molar-refractivity contribution in [3.05, 3.63) is 35.9 Å². The van der Waals surface area contributed by atoms with Crippen LogP contribution in [0.5, 0.6) is 0 Å². The van der Waals surface area contributed by atoms with E-state index < -0.39 is 6.04 Å². The van der Waals surface area contributed by atoms with Crippen LogP contribution in [0.15, 0.2) is 30.3 Å². The van der Waals surface area contributed by atoms with E-state index in [1.165, 1.54) is 0 Å². The summed E-state index contributed by atoms with van der Waals surface area (Å²) >= 11 is 1.70. The fraction of sp³-hybridized carbons (Fsp3) is 0.462. The smallest absolute Gasteiger partial charge is 0.237 e. The zero-order valence-electron chi connectivity index (χ0n) is 10.3. The van der Waals surface area contributed by atoms with Crippen LogP contribution in [0.1, 0.15) is 24.9 Å². The molecule has 0 saturated carbocycles. The van der Waals surface area contributed by atoms with Crippen molar-refractivity contribution in [2.45, 2.75) is 25.4 Å². The van der Waals surface area contributed by atoms with Crippen LogP contribution in [0.4, 0.5) is 0 Å². The third-order valence-electron chi connectivity index (χ3n) is 2.63. The quantitative estimate of drug-likeness (QED) is 0.813. The van der Waals surface area contributed by atoms with Crippen molar-refractivity contribution in [1.29, 1.82) is 0 Å². The molecule has 1 aromatic rings. The van der Waals surface area contributed by atoms with Crippen LogP contribution < -0.4 is 11.1 Å². The second-order valence-electron chi connectivity index (χ2n) is 4.03. The summed E-state index contributed by atoms with van der Waals surface area (Å²) < 4.78 is 0. The van der Waals surface area contributed by atoms with Gasteiger partial charge in [0.15, 0.2) is 0 Å². The first-order valence-electron chi connectivity index (χ1n) is 5.75. The SMILES string of the molecule is CSCC[C@@H](N)C(=O)NC(C)c1ccccc1. The van der Waals surface area contributed by atoms with Crippen LogP contribution in [0.3, 0.4) is 0 Å². The topological polar surface area (TPSA) is 55.1 Å². The van der Waals surface area contributed by atoms with Crippen molar-refractivity contribution in [1.82, 2.24) is 5.32 Å². The minimum absolute atomic E-state index is 0.00373. The van der Waals surface area contributed by atoms with Gasteiger partial charge in [0, 0.05) is 0 Å². The molecular formula is C13H20N2OS. The molecule has 1 rings (SSSR count). The molecule has 0 saturated heterocycles. The molecule has 0 aliphatic carbocycles. The van der Waals surface area contributed by atoms with Crippen molar-refractivity contribution in [3.63, 3.8) is 0 Å². The highest BCUT2D eigenvalue weighted by Crippen LogP contribution is 2.11. The van der Waals surface area contributed by atoms with Gasteiger partial charge in [-0.2, -0.15) is 11.8 Å². The van der Waals surface area contributed by atoms with Crippen molar-refractivity contribution < 1.29 is 4.79 Å². The van der Waals surface area contributed by atoms with Crippen LogP contribution in [0.2, 0.25) is 0 Å². The Morgan fingerprint density at radius 2 is 2.06 bits per heavy atom. The van der Waals surface area contributed by atoms with E-state index in [1.54, 1.807) is 11.8 Å². The van der Waals surface area contributed by atoms with Crippen LogP contribution >= 0.6 is 11.8 Å². The van der Waals surface area contributed by atoms with E-state index in [1.807, 2.05) is 43.5 Å². The number of thioether (sulfide) groups is 1. The monoisotopic (exact) mass is 252 g/mol. The lowest BCUT2D eigenvalue weighted by molar-refractivity contribution is -0.123. The van der Waals surface area contributed by atoms with Crippen molar-refractivity contribution in [3.8, 4) is 0 Å². The Balaban J connectivity index is 2.46. The second-order valence-corrected chi connectivity index (χ2v) is 5.01. The van der Waals surface area contributed by atoms with Gasteiger partial charge in [-0.15, -0.1) is 0 Å². The highest BCUT2D eigenvalue weighted by Gasteiger charge is 2.15. The largest absolute Gasteiger partial charge is 0.348 e. The first-order chi connectivity index (χ1) is 8.15. The molecule has 3 nitrogen and oxygen atoms in total. The molecule has 17 heavy (non-hydrogen) atoms. The summed E-state index contributed by atoms with van der Waals surface area (Å²) in [6, 6.07) is 9.48. The van der Waals surface area contributed by atoms with Gasteiger partial charge in [-0.25, -0.2) is 0 Å². The van der Waals surface area contributed by atoms with Crippen molar-refractivity contribution in [2.75, 3.05) is 12.0 Å². The highest BCUT2D eigenvalue weighted by atomic mass is 32.2. The molecule has 0 aliphatic heterocycles. The Labute approximate surface area is 107 Å². The van der Waals surface area contributed by atoms with Gasteiger partial charge in [-0.3, -0.25) is 4.79 Å². The van der Waals surface area contributed by atoms with Gasteiger partial charge >= 0.3 is 0 Å². The minimum Gasteiger partial charge on any atom is -0.348 e. The Hall–Kier alpha value is -1.00. The molecule has 0 bridgehead atoms. The Bertz CT molecular complexity index is 343. The predicted molar refractivity (Wildman–Crippen MR) is 74.0 cm³/mol. The molecule has 1 aromatic carbocycles. The zero-order chi connectivity index (χ0) is 12.7. The number of amides is 1. The molecule has 3 N–H and O–H groups in total. The third kappa shape index (κ3) is 4.79. The lowest BCUT2D eigenvalue weighted by Crippen LogP contribution is -2.41. The minimum atomic E-state index is -0.409. The number of rotatable bonds is 6. The van der Waals surface area contributed by atoms with E-state index in [0.29, 0.717) is 6.42 Å². The van der Waals surface area contributed by atoms with E-state index in [4.69, 9.17) is 5.73 Å². The van der Waals surface area contributed by atoms with Gasteiger partial charge in [-0.1, -0.05) is 30.3 Å². The summed E-state index contributed by atoms with van der Waals surface area (Å²) in [5.74, 6) is 0.837. The summed E-state index contributed by atoms with van der Waals surface area (Å²) in [6.45, 7) is 1.97. The number of nitrogens with one attached hydrogen (secondary N) is 1. The van der Waals surface area contributed by atoms with E-state index in [9.17, 15) is 4.79 Å². The van der Waals surface area contributed by atoms with Crippen LogP contribution in [0.25, 0.3) is 0 Å². The standard InChI is InChI=1S/C13H20N2OS/c1-10(11-6-4-3-5-7-11)15-13(16)12(14)8-9-17-2/h3-7,10,12H,8-9,14H2,1-2H3,(H,15,16)/t10?,12-/m1/s1. The predicted octanol–water partition coefficient (Wildman–Crippen LogP) is 1.94. The summed E-state index contributed by atoms with van der Waals surface area (Å²) in [7, 11) is 0. The molecule has 94 valence electrons. The number of hydrogen-bond acceptors (Lipinski definition) is 3. The number of hydrogen-bond donors (Lipinski definition) is 2. The summed E-state index contributed by atoms with van der Waals surface area (Å²) in [5, 5.41) is 2.93. The number of carbonyl (C=O) groups is 1. The Kier molecular flexibility index (Phi) is 6.08. The Morgan fingerprint density at radius 1 is 1.41 bits per heavy atom. The molecule has 0 aliphatic rings. The molecule has 0 aromatic heterocycles. The van der Waals surface area contributed by atoms with E-state index in [2.05, 4.69) is 5.32 Å². The van der Waals surface area contributed by atoms with Crippen LogP contribution in [-0.4, -0.2) is 24.0 Å². The van der Waals surface area contributed by atoms with Gasteiger partial charge in [0.25, 0.3) is 0 Å². The second kappa shape index (κ2) is 7.35. The van der Waals surface area contributed by atoms with E-state index in [0.717, 1.165) is 11.3 Å². The first-order valence-corrected chi connectivity index (χ1v) is 7.14. The first kappa shape index (κ1) is 14.1. The molecule has 2 atom stereocenters. The normalized spacial score (nSPS) is 14.1. The molecule has 0 fully saturated rings. The highest BCUT2D eigenvalue weighted by molar-refractivity contribution is 7.98. The molecule has 0 radical (unpaired) electrons. The van der Waals surface area contributed by atoms with Gasteiger partial charge in [0.1, 0.15) is 0 Å². The zero-order valence-corrected chi connectivity index (χ0v) is 11.2. The number of benzene rings is 1. The molecule has 0 heterocycles. The fourth-order valence-electron chi connectivity index (χ4n) is 1.52. The average molecular weight is 252 g/mol. The summed E-state index contributed by atoms with van der Waals surface area (Å²) in [5.41, 5.74) is 6.90. The number of carbonyl (C=O) groups excluding carboxylic acids is 1. The molecule has 1 amide bonds. The third-order valence-corrected chi connectivity index (χ3v) is 3.27. The van der Waals surface area contributed by atoms with E-state index in [-0.39, 0.29) is 11.9 Å². The maximum atomic E-state index is 11.8. The van der Waals surface area contributed by atoms with E-state index >= 15 is 0 Å². The van der Waals surface area contributed by atoms with Crippen molar-refractivity contribution in [2.24, 2.45) is 5.73 Å². The van der Waals surface area contributed by atoms with Crippen LogP contribution in [0, 0.1) is 0 Å². The van der Waals surface area contributed by atoms with Gasteiger partial charge in [0.2, 0.25) is 5.91 Å². The van der Waals surface area contributed by atoms with Crippen LogP contribution in [-0.2, 0) is 4.79 Å². The number of nitrogens with two attached hydrogens (primary N) is 1. The molecular weight excluding hydrogens is 232 g/mol. The average Bonchev–Trinajstić information content (AvgIpc) is 2.36. The molecule has 1 unspecified atom stereocenters.